The van der Waals surface area contributed by atoms with Crippen LogP contribution in [0, 0.1) is 0 Å². The minimum absolute atomic E-state index is 0. The third kappa shape index (κ3) is 4.32. The number of aromatic hydroxyl groups is 1. The molecule has 0 aliphatic carbocycles. The predicted molar refractivity (Wildman–Crippen MR) is 107 cm³/mol. The van der Waals surface area contributed by atoms with Crippen LogP contribution in [0.5, 0.6) is 5.75 Å². The molecule has 0 unspecified atom stereocenters. The van der Waals surface area contributed by atoms with Gasteiger partial charge in [0.05, 0.1) is 10.9 Å². The maximum Gasteiger partial charge on any atom is 0.257 e. The lowest BCUT2D eigenvalue weighted by Gasteiger charge is -2.26. The number of anilines is 1. The average Bonchev–Trinajstić information content (AvgIpc) is 2.70. The number of carbonyl (C=O) groups excluding carboxylic acids is 1. The first-order chi connectivity index (χ1) is 12.0. The molecule has 2 aromatic carbocycles. The van der Waals surface area contributed by atoms with Crippen molar-refractivity contribution >= 4 is 35.8 Å². The van der Waals surface area contributed by atoms with Crippen molar-refractivity contribution in [3.05, 3.63) is 54.1 Å². The summed E-state index contributed by atoms with van der Waals surface area (Å²) in [4.78, 5) is 17.6. The topological polar surface area (TPSA) is 64.0 Å². The molecule has 0 spiro atoms. The van der Waals surface area contributed by atoms with Gasteiger partial charge in [-0.2, -0.15) is 0 Å². The molecule has 5 nitrogen and oxygen atoms in total. The van der Waals surface area contributed by atoms with Gasteiger partial charge in [0.25, 0.3) is 5.91 Å². The summed E-state index contributed by atoms with van der Waals surface area (Å²) in [7, 11) is 3.91. The van der Waals surface area contributed by atoms with Gasteiger partial charge in [-0.3, -0.25) is 4.79 Å². The lowest BCUT2D eigenvalue weighted by molar-refractivity contribution is -0.126. The number of likely N-dealkylation sites (N-methyl/N-ethyl adjacent to an activating group) is 1. The van der Waals surface area contributed by atoms with Crippen LogP contribution in [0.1, 0.15) is 10.8 Å². The molecule has 0 saturated heterocycles. The van der Waals surface area contributed by atoms with Crippen molar-refractivity contribution in [3.63, 3.8) is 0 Å². The van der Waals surface area contributed by atoms with Crippen molar-refractivity contribution in [1.29, 1.82) is 0 Å². The highest BCUT2D eigenvalue weighted by Crippen LogP contribution is 2.45. The number of thioether (sulfide) groups is 1. The number of para-hydroxylation sites is 1. The van der Waals surface area contributed by atoms with E-state index in [1.54, 1.807) is 29.2 Å². The molecule has 140 valence electrons. The molecule has 0 saturated carbocycles. The molecule has 1 aliphatic rings. The summed E-state index contributed by atoms with van der Waals surface area (Å²) in [6.45, 7) is 1.23. The highest BCUT2D eigenvalue weighted by atomic mass is 35.5. The summed E-state index contributed by atoms with van der Waals surface area (Å²) in [5.41, 5.74) is 1.65. The zero-order valence-corrected chi connectivity index (χ0v) is 16.3. The van der Waals surface area contributed by atoms with E-state index in [4.69, 9.17) is 0 Å². The number of carbonyl (C=O) groups is 1. The second-order valence-electron chi connectivity index (χ2n) is 6.34. The number of phenolic OH excluding ortho intramolecular Hbond substituents is 1. The minimum Gasteiger partial charge on any atom is -0.508 e. The Bertz CT molecular complexity index is 755. The first kappa shape index (κ1) is 20.6. The van der Waals surface area contributed by atoms with E-state index in [9.17, 15) is 15.0 Å². The molecule has 7 heteroatoms. The highest BCUT2D eigenvalue weighted by Gasteiger charge is 2.37. The number of aliphatic hydroxyl groups excluding tert-OH is 1. The van der Waals surface area contributed by atoms with Crippen molar-refractivity contribution in [2.45, 2.75) is 16.2 Å². The van der Waals surface area contributed by atoms with Crippen LogP contribution in [0.3, 0.4) is 0 Å². The van der Waals surface area contributed by atoms with Gasteiger partial charge < -0.3 is 20.0 Å². The Morgan fingerprint density at radius 2 is 1.77 bits per heavy atom. The third-order valence-electron chi connectivity index (χ3n) is 4.21. The Hall–Kier alpha value is -1.73. The maximum atomic E-state index is 13.0. The van der Waals surface area contributed by atoms with E-state index >= 15 is 0 Å². The molecule has 0 radical (unpaired) electrons. The summed E-state index contributed by atoms with van der Waals surface area (Å²) in [5, 5.41) is 19.8. The molecular formula is C19H23ClN2O3S. The number of fused-ring (bicyclic) bond motifs is 1. The largest absolute Gasteiger partial charge is 0.508 e. The number of hydrogen-bond donors (Lipinski definition) is 2. The molecule has 2 atom stereocenters. The number of halogens is 1. The molecule has 0 aromatic heterocycles. The van der Waals surface area contributed by atoms with E-state index in [0.717, 1.165) is 16.1 Å². The zero-order chi connectivity index (χ0) is 18.0. The van der Waals surface area contributed by atoms with Crippen molar-refractivity contribution < 1.29 is 15.0 Å². The van der Waals surface area contributed by atoms with Crippen molar-refractivity contribution in [3.8, 4) is 5.75 Å². The smallest absolute Gasteiger partial charge is 0.257 e. The Labute approximate surface area is 164 Å². The normalized spacial score (nSPS) is 19.7. The van der Waals surface area contributed by atoms with Gasteiger partial charge in [-0.15, -0.1) is 24.2 Å². The van der Waals surface area contributed by atoms with E-state index in [0.29, 0.717) is 13.1 Å². The molecule has 1 amide bonds. The van der Waals surface area contributed by atoms with Crippen LogP contribution < -0.4 is 4.90 Å². The van der Waals surface area contributed by atoms with Gasteiger partial charge in [0.2, 0.25) is 0 Å². The molecule has 0 bridgehead atoms. The van der Waals surface area contributed by atoms with Crippen LogP contribution in [0.4, 0.5) is 5.69 Å². The van der Waals surface area contributed by atoms with Gasteiger partial charge in [0.1, 0.15) is 11.9 Å². The monoisotopic (exact) mass is 394 g/mol. The van der Waals surface area contributed by atoms with Gasteiger partial charge >= 0.3 is 0 Å². The summed E-state index contributed by atoms with van der Waals surface area (Å²) in [6.07, 6.45) is -1.15. The van der Waals surface area contributed by atoms with Crippen LogP contribution in [-0.2, 0) is 4.79 Å². The average molecular weight is 395 g/mol. The quantitative estimate of drug-likeness (QED) is 0.834. The van der Waals surface area contributed by atoms with E-state index in [1.807, 2.05) is 43.3 Å². The summed E-state index contributed by atoms with van der Waals surface area (Å²) in [6, 6.07) is 14.4. The Morgan fingerprint density at radius 1 is 1.12 bits per heavy atom. The molecule has 0 fully saturated rings. The van der Waals surface area contributed by atoms with Crippen molar-refractivity contribution in [1.82, 2.24) is 4.90 Å². The first-order valence-electron chi connectivity index (χ1n) is 8.16. The van der Waals surface area contributed by atoms with Gasteiger partial charge in [-0.05, 0) is 43.9 Å². The van der Waals surface area contributed by atoms with E-state index in [2.05, 4.69) is 0 Å². The fourth-order valence-electron chi connectivity index (χ4n) is 2.83. The number of nitrogens with zero attached hydrogens (tertiary/aromatic N) is 2. The van der Waals surface area contributed by atoms with Gasteiger partial charge in [-0.25, -0.2) is 0 Å². The molecule has 2 N–H and O–H groups in total. The summed E-state index contributed by atoms with van der Waals surface area (Å²) in [5.74, 6) is -0.131. The summed E-state index contributed by atoms with van der Waals surface area (Å²) < 4.78 is 0. The van der Waals surface area contributed by atoms with E-state index < -0.39 is 11.4 Å². The van der Waals surface area contributed by atoms with Crippen LogP contribution >= 0.6 is 24.2 Å². The SMILES string of the molecule is CN(C)CCN1C(=O)[C@@H](O)[C@@H](c2ccc(O)cc2)Sc2ccccc21.Cl. The van der Waals surface area contributed by atoms with Crippen molar-refractivity contribution in [2.75, 3.05) is 32.1 Å². The maximum absolute atomic E-state index is 13.0. The van der Waals surface area contributed by atoms with E-state index in [-0.39, 0.29) is 24.1 Å². The minimum atomic E-state index is -1.15. The first-order valence-corrected chi connectivity index (χ1v) is 9.04. The van der Waals surface area contributed by atoms with Crippen LogP contribution in [-0.4, -0.2) is 54.3 Å². The Balaban J connectivity index is 0.00000243. The summed E-state index contributed by atoms with van der Waals surface area (Å²) >= 11 is 1.48. The molecular weight excluding hydrogens is 372 g/mol. The number of rotatable bonds is 4. The Kier molecular flexibility index (Phi) is 6.94. The fourth-order valence-corrected chi connectivity index (χ4v) is 4.10. The fraction of sp³-hybridized carbons (Fsp3) is 0.316. The zero-order valence-electron chi connectivity index (χ0n) is 14.7. The molecule has 3 rings (SSSR count). The van der Waals surface area contributed by atoms with Gasteiger partial charge in [-0.1, -0.05) is 24.3 Å². The second-order valence-corrected chi connectivity index (χ2v) is 7.52. The van der Waals surface area contributed by atoms with Gasteiger partial charge in [0, 0.05) is 18.0 Å². The number of aliphatic hydroxyl groups is 1. The predicted octanol–water partition coefficient (Wildman–Crippen LogP) is 2.92. The van der Waals surface area contributed by atoms with Crippen molar-refractivity contribution in [2.24, 2.45) is 0 Å². The Morgan fingerprint density at radius 3 is 2.42 bits per heavy atom. The molecule has 1 aliphatic heterocycles. The van der Waals surface area contributed by atoms with Crippen LogP contribution in [0.25, 0.3) is 0 Å². The third-order valence-corrected chi connectivity index (χ3v) is 5.59. The standard InChI is InChI=1S/C19H22N2O3S.ClH/c1-20(2)11-12-21-15-5-3-4-6-16(15)25-18(17(23)19(21)24)13-7-9-14(22)10-8-13;/h3-10,17-18,22-23H,11-12H2,1-2H3;1H/t17-,18+;/m0./s1. The van der Waals surface area contributed by atoms with Crippen LogP contribution in [0.15, 0.2) is 53.4 Å². The number of hydrogen-bond acceptors (Lipinski definition) is 5. The second kappa shape index (κ2) is 8.77. The van der Waals surface area contributed by atoms with Gasteiger partial charge in [0.15, 0.2) is 0 Å². The molecule has 1 heterocycles. The lowest BCUT2D eigenvalue weighted by Crippen LogP contribution is -2.43. The van der Waals surface area contributed by atoms with Crippen LogP contribution in [0.2, 0.25) is 0 Å². The number of benzene rings is 2. The molecule has 26 heavy (non-hydrogen) atoms. The van der Waals surface area contributed by atoms with E-state index in [1.165, 1.54) is 11.8 Å². The molecule has 2 aromatic rings. The number of amides is 1. The lowest BCUT2D eigenvalue weighted by atomic mass is 10.1. The number of phenols is 1. The highest BCUT2D eigenvalue weighted by molar-refractivity contribution is 7.99.